The van der Waals surface area contributed by atoms with E-state index in [4.69, 9.17) is 0 Å². The number of rotatable bonds is 2. The van der Waals surface area contributed by atoms with Crippen molar-refractivity contribution in [2.75, 3.05) is 0 Å². The molecule has 0 atom stereocenters. The highest BCUT2D eigenvalue weighted by Crippen LogP contribution is 2.26. The van der Waals surface area contributed by atoms with Crippen LogP contribution < -0.4 is 5.32 Å². The average Bonchev–Trinajstić information content (AvgIpc) is 2.58. The molecule has 0 amide bonds. The van der Waals surface area contributed by atoms with Crippen molar-refractivity contribution in [1.82, 2.24) is 5.32 Å². The van der Waals surface area contributed by atoms with Crippen LogP contribution in [0, 0.1) is 5.92 Å². The first-order valence-corrected chi connectivity index (χ1v) is 5.72. The number of hydrogen-bond acceptors (Lipinski definition) is 2. The van der Waals surface area contributed by atoms with Crippen molar-refractivity contribution in [3.63, 3.8) is 0 Å². The van der Waals surface area contributed by atoms with Crippen LogP contribution in [0.25, 0.3) is 0 Å². The van der Waals surface area contributed by atoms with Gasteiger partial charge in [-0.2, -0.15) is 0 Å². The fourth-order valence-corrected chi connectivity index (χ4v) is 2.20. The Morgan fingerprint density at radius 2 is 1.93 bits per heavy atom. The Balaban J connectivity index is 2.03. The maximum Gasteiger partial charge on any atom is 0.182 e. The van der Waals surface area contributed by atoms with Crippen molar-refractivity contribution >= 4 is 5.78 Å². The molecule has 1 heterocycles. The first kappa shape index (κ1) is 10.2. The minimum atomic E-state index is 0.248. The minimum absolute atomic E-state index is 0.248. The molecule has 0 bridgehead atoms. The van der Waals surface area contributed by atoms with Gasteiger partial charge in [0.15, 0.2) is 5.78 Å². The molecule has 1 saturated carbocycles. The van der Waals surface area contributed by atoms with Gasteiger partial charge in [-0.05, 0) is 25.0 Å². The Morgan fingerprint density at radius 1 is 1.13 bits per heavy atom. The number of carbonyl (C=O) groups is 1. The molecule has 15 heavy (non-hydrogen) atoms. The Hall–Kier alpha value is -1.31. The largest absolute Gasteiger partial charge is 0.359 e. The van der Waals surface area contributed by atoms with Crippen LogP contribution in [0.5, 0.6) is 0 Å². The number of ketones is 1. The van der Waals surface area contributed by atoms with Crippen LogP contribution in [0.3, 0.4) is 0 Å². The van der Waals surface area contributed by atoms with Gasteiger partial charge in [-0.25, -0.2) is 0 Å². The predicted molar refractivity (Wildman–Crippen MR) is 61.1 cm³/mol. The zero-order valence-corrected chi connectivity index (χ0v) is 8.91. The summed E-state index contributed by atoms with van der Waals surface area (Å²) in [7, 11) is 0. The molecule has 1 aliphatic heterocycles. The van der Waals surface area contributed by atoms with Gasteiger partial charge >= 0.3 is 0 Å². The lowest BCUT2D eigenvalue weighted by molar-refractivity contribution is -0.120. The summed E-state index contributed by atoms with van der Waals surface area (Å²) < 4.78 is 0. The molecule has 0 radical (unpaired) electrons. The van der Waals surface area contributed by atoms with Crippen LogP contribution in [0.1, 0.15) is 32.1 Å². The number of hydrogen-bond donors (Lipinski definition) is 1. The van der Waals surface area contributed by atoms with Crippen molar-refractivity contribution in [2.45, 2.75) is 32.1 Å². The zero-order valence-electron chi connectivity index (χ0n) is 8.91. The summed E-state index contributed by atoms with van der Waals surface area (Å²) in [6.07, 6.45) is 15.2. The van der Waals surface area contributed by atoms with Crippen molar-refractivity contribution in [2.24, 2.45) is 5.92 Å². The quantitative estimate of drug-likeness (QED) is 0.747. The lowest BCUT2D eigenvalue weighted by Gasteiger charge is -2.21. The molecule has 0 aromatic carbocycles. The molecule has 2 nitrogen and oxygen atoms in total. The Bertz CT molecular complexity index is 319. The third-order valence-corrected chi connectivity index (χ3v) is 3.06. The topological polar surface area (TPSA) is 29.1 Å². The number of nitrogens with one attached hydrogen (secondary N) is 1. The fraction of sp³-hybridized carbons (Fsp3) is 0.462. The molecule has 1 aliphatic carbocycles. The highest BCUT2D eigenvalue weighted by Gasteiger charge is 2.23. The highest BCUT2D eigenvalue weighted by molar-refractivity contribution is 5.97. The summed E-state index contributed by atoms with van der Waals surface area (Å²) in [4.78, 5) is 12.1. The van der Waals surface area contributed by atoms with Gasteiger partial charge in [0.25, 0.3) is 0 Å². The molecule has 2 rings (SSSR count). The average molecular weight is 203 g/mol. The Kier molecular flexibility index (Phi) is 3.38. The second-order valence-corrected chi connectivity index (χ2v) is 4.17. The predicted octanol–water partition coefficient (Wildman–Crippen LogP) is 2.69. The first-order valence-electron chi connectivity index (χ1n) is 5.72. The van der Waals surface area contributed by atoms with E-state index >= 15 is 0 Å². The lowest BCUT2D eigenvalue weighted by Crippen LogP contribution is -2.24. The van der Waals surface area contributed by atoms with Crippen molar-refractivity contribution < 1.29 is 4.79 Å². The van der Waals surface area contributed by atoms with E-state index in [2.05, 4.69) is 5.32 Å². The van der Waals surface area contributed by atoms with Gasteiger partial charge in [-0.3, -0.25) is 4.79 Å². The third-order valence-electron chi connectivity index (χ3n) is 3.06. The molecule has 0 saturated heterocycles. The molecule has 80 valence electrons. The van der Waals surface area contributed by atoms with Gasteiger partial charge in [0.2, 0.25) is 0 Å². The normalized spacial score (nSPS) is 21.7. The van der Waals surface area contributed by atoms with Gasteiger partial charge < -0.3 is 5.32 Å². The molecule has 1 N–H and O–H groups in total. The fourth-order valence-electron chi connectivity index (χ4n) is 2.20. The summed E-state index contributed by atoms with van der Waals surface area (Å²) in [6, 6.07) is 0. The summed E-state index contributed by atoms with van der Waals surface area (Å²) in [5.41, 5.74) is 0.743. The molecule has 2 aliphatic rings. The molecule has 1 fully saturated rings. The van der Waals surface area contributed by atoms with E-state index in [0.29, 0.717) is 0 Å². The van der Waals surface area contributed by atoms with E-state index < -0.39 is 0 Å². The van der Waals surface area contributed by atoms with Crippen LogP contribution in [0.15, 0.2) is 36.2 Å². The maximum absolute atomic E-state index is 12.1. The van der Waals surface area contributed by atoms with Crippen LogP contribution >= 0.6 is 0 Å². The van der Waals surface area contributed by atoms with Gasteiger partial charge in [0, 0.05) is 12.1 Å². The third kappa shape index (κ3) is 2.58. The van der Waals surface area contributed by atoms with E-state index in [1.165, 1.54) is 19.3 Å². The van der Waals surface area contributed by atoms with Crippen molar-refractivity contribution in [3.8, 4) is 0 Å². The molecular weight excluding hydrogens is 186 g/mol. The van der Waals surface area contributed by atoms with E-state index in [1.807, 2.05) is 30.5 Å². The van der Waals surface area contributed by atoms with E-state index in [9.17, 15) is 4.79 Å². The van der Waals surface area contributed by atoms with Crippen molar-refractivity contribution in [1.29, 1.82) is 0 Å². The van der Waals surface area contributed by atoms with Crippen LogP contribution in [-0.4, -0.2) is 5.78 Å². The highest BCUT2D eigenvalue weighted by atomic mass is 16.1. The molecule has 0 aromatic rings. The van der Waals surface area contributed by atoms with Crippen LogP contribution in [-0.2, 0) is 4.79 Å². The molecule has 0 spiro atoms. The first-order chi connectivity index (χ1) is 7.38. The van der Waals surface area contributed by atoms with Crippen LogP contribution in [0.2, 0.25) is 0 Å². The van der Waals surface area contributed by atoms with E-state index in [-0.39, 0.29) is 11.7 Å². The molecule has 0 aromatic heterocycles. The number of Topliss-reactive ketones (excluding diaryl/α,β-unsaturated/α-hetero) is 1. The summed E-state index contributed by atoms with van der Waals surface area (Å²) in [5.74, 6) is 0.531. The molecular formula is C13H17NO. The van der Waals surface area contributed by atoms with Crippen LogP contribution in [0.4, 0.5) is 0 Å². The SMILES string of the molecule is O=C(C1=CC=CC=CN1)C1CCCCC1. The van der Waals surface area contributed by atoms with E-state index in [0.717, 1.165) is 18.5 Å². The smallest absolute Gasteiger partial charge is 0.182 e. The van der Waals surface area contributed by atoms with Crippen molar-refractivity contribution in [3.05, 3.63) is 36.2 Å². The second-order valence-electron chi connectivity index (χ2n) is 4.17. The zero-order chi connectivity index (χ0) is 10.5. The summed E-state index contributed by atoms with van der Waals surface area (Å²) >= 11 is 0. The summed E-state index contributed by atoms with van der Waals surface area (Å²) in [5, 5.41) is 3.05. The second kappa shape index (κ2) is 4.96. The standard InChI is InChI=1S/C13H17NO/c15-13(11-7-3-1-4-8-11)12-9-5-2-6-10-14-12/h2,5-6,9-11,14H,1,3-4,7-8H2. The molecule has 0 unspecified atom stereocenters. The van der Waals surface area contributed by atoms with Gasteiger partial charge in [-0.1, -0.05) is 31.4 Å². The van der Waals surface area contributed by atoms with Gasteiger partial charge in [0.1, 0.15) is 0 Å². The van der Waals surface area contributed by atoms with E-state index in [1.54, 1.807) is 0 Å². The Morgan fingerprint density at radius 3 is 2.73 bits per heavy atom. The Labute approximate surface area is 90.7 Å². The number of allylic oxidation sites excluding steroid dienone is 5. The monoisotopic (exact) mass is 203 g/mol. The summed E-state index contributed by atoms with van der Waals surface area (Å²) in [6.45, 7) is 0. The maximum atomic E-state index is 12.1. The molecule has 2 heteroatoms. The lowest BCUT2D eigenvalue weighted by atomic mass is 9.85. The minimum Gasteiger partial charge on any atom is -0.359 e. The van der Waals surface area contributed by atoms with Gasteiger partial charge in [0.05, 0.1) is 5.70 Å². The number of carbonyl (C=O) groups excluding carboxylic acids is 1. The van der Waals surface area contributed by atoms with Gasteiger partial charge in [-0.15, -0.1) is 0 Å².